The number of ether oxygens (including phenoxy) is 4. The minimum Gasteiger partial charge on any atom is -0.394 e. The summed E-state index contributed by atoms with van der Waals surface area (Å²) in [6.45, 7) is 2.68. The van der Waals surface area contributed by atoms with Crippen molar-refractivity contribution in [3.63, 3.8) is 0 Å². The first-order valence-corrected chi connectivity index (χ1v) is 32.2. The van der Waals surface area contributed by atoms with E-state index in [1.807, 2.05) is 0 Å². The summed E-state index contributed by atoms with van der Waals surface area (Å²) < 4.78 is 22.6. The molecule has 2 heterocycles. The molecule has 1 amide bonds. The third kappa shape index (κ3) is 34.6. The molecule has 0 aromatic carbocycles. The SMILES string of the molecule is CCCCCCC/C=C\C/C=C\C/C=C\CCCCCCCCCCCCCCCCCCCCCCCCCCCCC(=O)NC(COC1OC(CO)C(OC2OC(CO)C(O)C(O)C2O)C(O)C1O)C(O)CCCCC. The van der Waals surface area contributed by atoms with Crippen LogP contribution in [0.3, 0.4) is 0 Å². The first-order valence-electron chi connectivity index (χ1n) is 32.2. The Morgan fingerprint density at radius 1 is 0.462 bits per heavy atom. The molecule has 2 aliphatic heterocycles. The smallest absolute Gasteiger partial charge is 0.220 e. The number of aliphatic hydroxyl groups excluding tert-OH is 8. The molecule has 14 nitrogen and oxygen atoms in total. The molecular formula is C64H119NO13. The van der Waals surface area contributed by atoms with E-state index in [1.165, 1.54) is 186 Å². The molecule has 0 aliphatic carbocycles. The largest absolute Gasteiger partial charge is 0.394 e. The highest BCUT2D eigenvalue weighted by Gasteiger charge is 2.51. The first-order chi connectivity index (χ1) is 38.1. The van der Waals surface area contributed by atoms with E-state index in [0.717, 1.165) is 57.8 Å². The van der Waals surface area contributed by atoms with E-state index in [2.05, 4.69) is 55.6 Å². The van der Waals surface area contributed by atoms with Gasteiger partial charge in [-0.3, -0.25) is 4.79 Å². The van der Waals surface area contributed by atoms with Gasteiger partial charge < -0.3 is 65.1 Å². The Kier molecular flexibility index (Phi) is 46.2. The molecule has 12 atom stereocenters. The van der Waals surface area contributed by atoms with Gasteiger partial charge in [-0.2, -0.15) is 0 Å². The summed E-state index contributed by atoms with van der Waals surface area (Å²) in [4.78, 5) is 13.1. The molecule has 458 valence electrons. The van der Waals surface area contributed by atoms with Crippen molar-refractivity contribution in [2.45, 2.75) is 344 Å². The van der Waals surface area contributed by atoms with Crippen LogP contribution in [0.25, 0.3) is 0 Å². The average molecular weight is 1110 g/mol. The third-order valence-electron chi connectivity index (χ3n) is 15.9. The normalized spacial score (nSPS) is 24.7. The minimum absolute atomic E-state index is 0.214. The highest BCUT2D eigenvalue weighted by atomic mass is 16.7. The fourth-order valence-electron chi connectivity index (χ4n) is 10.7. The molecule has 0 saturated carbocycles. The third-order valence-corrected chi connectivity index (χ3v) is 15.9. The molecule has 0 spiro atoms. The maximum Gasteiger partial charge on any atom is 0.220 e. The van der Waals surface area contributed by atoms with Crippen LogP contribution in [0.4, 0.5) is 0 Å². The van der Waals surface area contributed by atoms with Gasteiger partial charge in [-0.15, -0.1) is 0 Å². The lowest BCUT2D eigenvalue weighted by Gasteiger charge is -2.46. The van der Waals surface area contributed by atoms with E-state index in [-0.39, 0.29) is 12.5 Å². The van der Waals surface area contributed by atoms with Gasteiger partial charge in [0.15, 0.2) is 12.6 Å². The molecule has 12 unspecified atom stereocenters. The van der Waals surface area contributed by atoms with Gasteiger partial charge in [0.25, 0.3) is 0 Å². The molecule has 0 aromatic heterocycles. The average Bonchev–Trinajstić information content (AvgIpc) is 3.44. The number of aliphatic hydroxyl groups is 8. The maximum atomic E-state index is 13.1. The molecule has 78 heavy (non-hydrogen) atoms. The number of hydrogen-bond donors (Lipinski definition) is 9. The highest BCUT2D eigenvalue weighted by Crippen LogP contribution is 2.30. The molecule has 2 fully saturated rings. The summed E-state index contributed by atoms with van der Waals surface area (Å²) in [5.41, 5.74) is 0. The van der Waals surface area contributed by atoms with Crippen LogP contribution in [0.15, 0.2) is 36.5 Å². The van der Waals surface area contributed by atoms with Crippen LogP contribution < -0.4 is 5.32 Å². The van der Waals surface area contributed by atoms with Gasteiger partial charge in [-0.05, 0) is 51.4 Å². The summed E-state index contributed by atoms with van der Waals surface area (Å²) in [6.07, 6.45) is 46.1. The Balaban J connectivity index is 1.41. The fraction of sp³-hybridized carbons (Fsp3) is 0.891. The number of amides is 1. The molecule has 0 bridgehead atoms. The number of hydrogen-bond acceptors (Lipinski definition) is 13. The van der Waals surface area contributed by atoms with Gasteiger partial charge in [0.2, 0.25) is 5.91 Å². The zero-order valence-electron chi connectivity index (χ0n) is 49.4. The Labute approximate surface area is 474 Å². The monoisotopic (exact) mass is 1110 g/mol. The van der Waals surface area contributed by atoms with Crippen molar-refractivity contribution in [1.82, 2.24) is 5.32 Å². The van der Waals surface area contributed by atoms with Crippen LogP contribution in [0.5, 0.6) is 0 Å². The van der Waals surface area contributed by atoms with Crippen molar-refractivity contribution < 1.29 is 64.6 Å². The predicted octanol–water partition coefficient (Wildman–Crippen LogP) is 11.8. The van der Waals surface area contributed by atoms with E-state index >= 15 is 0 Å². The van der Waals surface area contributed by atoms with Gasteiger partial charge in [0, 0.05) is 6.42 Å². The lowest BCUT2D eigenvalue weighted by atomic mass is 9.97. The predicted molar refractivity (Wildman–Crippen MR) is 314 cm³/mol. The summed E-state index contributed by atoms with van der Waals surface area (Å²) in [6, 6.07) is -0.821. The summed E-state index contributed by atoms with van der Waals surface area (Å²) in [5.74, 6) is -0.214. The molecule has 14 heteroatoms. The maximum absolute atomic E-state index is 13.1. The molecular weight excluding hydrogens is 991 g/mol. The molecule has 2 saturated heterocycles. The number of nitrogens with one attached hydrogen (secondary N) is 1. The van der Waals surface area contributed by atoms with Gasteiger partial charge >= 0.3 is 0 Å². The van der Waals surface area contributed by atoms with Gasteiger partial charge in [0.05, 0.1) is 32.0 Å². The molecule has 2 rings (SSSR count). The van der Waals surface area contributed by atoms with Gasteiger partial charge in [-0.25, -0.2) is 0 Å². The molecule has 2 aliphatic rings. The second-order valence-corrected chi connectivity index (χ2v) is 22.9. The Morgan fingerprint density at radius 2 is 0.846 bits per heavy atom. The topological polar surface area (TPSA) is 228 Å². The first kappa shape index (κ1) is 72.3. The van der Waals surface area contributed by atoms with Crippen molar-refractivity contribution in [2.24, 2.45) is 0 Å². The van der Waals surface area contributed by atoms with E-state index < -0.39 is 86.8 Å². The van der Waals surface area contributed by atoms with E-state index in [4.69, 9.17) is 18.9 Å². The number of carbonyl (C=O) groups is 1. The molecule has 0 aromatic rings. The summed E-state index contributed by atoms with van der Waals surface area (Å²) in [5, 5.41) is 86.2. The van der Waals surface area contributed by atoms with E-state index in [9.17, 15) is 45.6 Å². The Morgan fingerprint density at radius 3 is 1.29 bits per heavy atom. The second-order valence-electron chi connectivity index (χ2n) is 22.9. The van der Waals surface area contributed by atoms with E-state index in [0.29, 0.717) is 12.8 Å². The lowest BCUT2D eigenvalue weighted by Crippen LogP contribution is -2.65. The Hall–Kier alpha value is -1.79. The lowest BCUT2D eigenvalue weighted by molar-refractivity contribution is -0.359. The number of carbonyl (C=O) groups excluding carboxylic acids is 1. The van der Waals surface area contributed by atoms with E-state index in [1.54, 1.807) is 0 Å². The van der Waals surface area contributed by atoms with Crippen LogP contribution in [0, 0.1) is 0 Å². The van der Waals surface area contributed by atoms with Crippen LogP contribution in [-0.4, -0.2) is 140 Å². The van der Waals surface area contributed by atoms with Gasteiger partial charge in [0.1, 0.15) is 48.8 Å². The van der Waals surface area contributed by atoms with Crippen LogP contribution in [-0.2, 0) is 23.7 Å². The zero-order chi connectivity index (χ0) is 56.7. The molecule has 9 N–H and O–H groups in total. The molecule has 0 radical (unpaired) electrons. The highest BCUT2D eigenvalue weighted by molar-refractivity contribution is 5.76. The van der Waals surface area contributed by atoms with Crippen molar-refractivity contribution in [1.29, 1.82) is 0 Å². The number of rotatable bonds is 52. The number of unbranched alkanes of at least 4 members (excludes halogenated alkanes) is 33. The van der Waals surface area contributed by atoms with Crippen LogP contribution in [0.1, 0.15) is 271 Å². The summed E-state index contributed by atoms with van der Waals surface area (Å²) >= 11 is 0. The number of allylic oxidation sites excluding steroid dienone is 6. The zero-order valence-corrected chi connectivity index (χ0v) is 49.4. The fourth-order valence-corrected chi connectivity index (χ4v) is 10.7. The Bertz CT molecular complexity index is 1450. The second kappa shape index (κ2) is 49.8. The summed E-state index contributed by atoms with van der Waals surface area (Å²) in [7, 11) is 0. The van der Waals surface area contributed by atoms with Crippen molar-refractivity contribution >= 4 is 5.91 Å². The van der Waals surface area contributed by atoms with Crippen molar-refractivity contribution in [2.75, 3.05) is 19.8 Å². The standard InChI is InChI=1S/C64H119NO13/c1-3-5-7-8-9-10-11-12-13-14-15-16-17-18-19-20-21-22-23-24-25-26-27-28-29-30-31-32-33-34-35-36-37-38-39-40-41-42-43-44-46-48-56(69)65-52(53(68)47-45-6-4-2)51-75-63-61(74)59(72)62(55(50-67)77-63)78-64-60(73)58(71)57(70)54(49-66)76-64/h11-12,14-15,17-18,52-55,57-64,66-68,70-74H,3-10,13,16,19-51H2,1-2H3,(H,65,69)/b12-11-,15-14-,18-17-. The quantitative estimate of drug-likeness (QED) is 0.0204. The van der Waals surface area contributed by atoms with Gasteiger partial charge in [-0.1, -0.05) is 249 Å². The van der Waals surface area contributed by atoms with Crippen LogP contribution >= 0.6 is 0 Å². The van der Waals surface area contributed by atoms with Crippen LogP contribution in [0.2, 0.25) is 0 Å². The minimum atomic E-state index is -1.78. The van der Waals surface area contributed by atoms with Crippen molar-refractivity contribution in [3.8, 4) is 0 Å². The van der Waals surface area contributed by atoms with Crippen molar-refractivity contribution in [3.05, 3.63) is 36.5 Å².